The molecule has 0 aliphatic carbocycles. The predicted molar refractivity (Wildman–Crippen MR) is 98.6 cm³/mol. The van der Waals surface area contributed by atoms with Crippen molar-refractivity contribution in [1.29, 1.82) is 0 Å². The molecule has 7 nitrogen and oxygen atoms in total. The van der Waals surface area contributed by atoms with E-state index in [0.717, 1.165) is 5.56 Å². The van der Waals surface area contributed by atoms with Gasteiger partial charge in [0, 0.05) is 18.3 Å². The maximum Gasteiger partial charge on any atom is 0.248 e. The van der Waals surface area contributed by atoms with E-state index in [1.807, 2.05) is 31.2 Å². The van der Waals surface area contributed by atoms with E-state index in [0.29, 0.717) is 30.2 Å². The second-order valence-corrected chi connectivity index (χ2v) is 7.09. The fourth-order valence-electron chi connectivity index (χ4n) is 2.58. The van der Waals surface area contributed by atoms with Crippen molar-refractivity contribution in [1.82, 2.24) is 15.6 Å². The van der Waals surface area contributed by atoms with Gasteiger partial charge in [-0.05, 0) is 18.9 Å². The Morgan fingerprint density at radius 2 is 2.08 bits per heavy atom. The Kier molecular flexibility index (Phi) is 5.62. The van der Waals surface area contributed by atoms with Gasteiger partial charge in [-0.3, -0.25) is 14.4 Å². The van der Waals surface area contributed by atoms with Crippen molar-refractivity contribution in [3.63, 3.8) is 0 Å². The molecule has 8 heteroatoms. The number of rotatable bonds is 6. The highest BCUT2D eigenvalue weighted by molar-refractivity contribution is 7.13. The van der Waals surface area contributed by atoms with Gasteiger partial charge in [-0.25, -0.2) is 4.98 Å². The number of anilines is 1. The SMILES string of the molecule is Cc1ccc(CNC(=O)Cc2csc(NC(=O)[C@H]3CCC(=O)N3)n2)cc1. The smallest absolute Gasteiger partial charge is 0.248 e. The van der Waals surface area contributed by atoms with Gasteiger partial charge in [0.15, 0.2) is 5.13 Å². The summed E-state index contributed by atoms with van der Waals surface area (Å²) >= 11 is 1.26. The van der Waals surface area contributed by atoms with E-state index in [-0.39, 0.29) is 24.1 Å². The van der Waals surface area contributed by atoms with Crippen LogP contribution in [0, 0.1) is 6.92 Å². The molecule has 3 N–H and O–H groups in total. The number of amides is 3. The van der Waals surface area contributed by atoms with E-state index >= 15 is 0 Å². The van der Waals surface area contributed by atoms with E-state index in [1.54, 1.807) is 5.38 Å². The minimum Gasteiger partial charge on any atom is -0.352 e. The van der Waals surface area contributed by atoms with Gasteiger partial charge >= 0.3 is 0 Å². The highest BCUT2D eigenvalue weighted by atomic mass is 32.1. The van der Waals surface area contributed by atoms with Gasteiger partial charge in [-0.15, -0.1) is 11.3 Å². The number of aryl methyl sites for hydroxylation is 1. The third-order valence-corrected chi connectivity index (χ3v) is 4.85. The number of benzene rings is 1. The summed E-state index contributed by atoms with van der Waals surface area (Å²) in [5.74, 6) is -0.521. The molecule has 1 saturated heterocycles. The molecule has 0 spiro atoms. The van der Waals surface area contributed by atoms with E-state index in [4.69, 9.17) is 0 Å². The lowest BCUT2D eigenvalue weighted by molar-refractivity contribution is -0.122. The summed E-state index contributed by atoms with van der Waals surface area (Å²) in [6.07, 6.45) is 1.01. The Bertz CT molecular complexity index is 816. The lowest BCUT2D eigenvalue weighted by Crippen LogP contribution is -2.37. The monoisotopic (exact) mass is 372 g/mol. The summed E-state index contributed by atoms with van der Waals surface area (Å²) in [6, 6.07) is 7.46. The summed E-state index contributed by atoms with van der Waals surface area (Å²) in [4.78, 5) is 39.5. The van der Waals surface area contributed by atoms with Crippen LogP contribution in [0.2, 0.25) is 0 Å². The van der Waals surface area contributed by atoms with Gasteiger partial charge in [-0.2, -0.15) is 0 Å². The molecule has 0 unspecified atom stereocenters. The first-order valence-electron chi connectivity index (χ1n) is 8.36. The van der Waals surface area contributed by atoms with Crippen molar-refractivity contribution in [3.8, 4) is 0 Å². The minimum absolute atomic E-state index is 0.116. The van der Waals surface area contributed by atoms with Crippen molar-refractivity contribution in [3.05, 3.63) is 46.5 Å². The van der Waals surface area contributed by atoms with Gasteiger partial charge < -0.3 is 16.0 Å². The zero-order chi connectivity index (χ0) is 18.5. The number of aromatic nitrogens is 1. The summed E-state index contributed by atoms with van der Waals surface area (Å²) < 4.78 is 0. The van der Waals surface area contributed by atoms with Crippen LogP contribution in [0.1, 0.15) is 29.7 Å². The number of hydrogen-bond donors (Lipinski definition) is 3. The molecule has 3 amide bonds. The molecule has 1 fully saturated rings. The Morgan fingerprint density at radius 3 is 2.77 bits per heavy atom. The number of carbonyl (C=O) groups is 3. The Balaban J connectivity index is 1.46. The van der Waals surface area contributed by atoms with Crippen LogP contribution < -0.4 is 16.0 Å². The highest BCUT2D eigenvalue weighted by Gasteiger charge is 2.27. The fraction of sp³-hybridized carbons (Fsp3) is 0.333. The van der Waals surface area contributed by atoms with E-state index in [1.165, 1.54) is 16.9 Å². The largest absolute Gasteiger partial charge is 0.352 e. The summed E-state index contributed by atoms with van der Waals surface area (Å²) in [7, 11) is 0. The first-order chi connectivity index (χ1) is 12.5. The van der Waals surface area contributed by atoms with Crippen LogP contribution in [-0.2, 0) is 27.3 Å². The molecule has 0 radical (unpaired) electrons. The van der Waals surface area contributed by atoms with Gasteiger partial charge in [0.05, 0.1) is 12.1 Å². The highest BCUT2D eigenvalue weighted by Crippen LogP contribution is 2.17. The fourth-order valence-corrected chi connectivity index (χ4v) is 3.30. The molecule has 0 bridgehead atoms. The van der Waals surface area contributed by atoms with E-state index < -0.39 is 6.04 Å². The summed E-state index contributed by atoms with van der Waals surface area (Å²) in [5, 5.41) is 10.3. The third-order valence-electron chi connectivity index (χ3n) is 4.05. The Labute approximate surface area is 155 Å². The predicted octanol–water partition coefficient (Wildman–Crippen LogP) is 1.53. The molecule has 26 heavy (non-hydrogen) atoms. The number of nitrogens with zero attached hydrogens (tertiary/aromatic N) is 1. The van der Waals surface area contributed by atoms with Crippen molar-refractivity contribution >= 4 is 34.2 Å². The zero-order valence-corrected chi connectivity index (χ0v) is 15.2. The maximum atomic E-state index is 12.0. The molecule has 3 rings (SSSR count). The van der Waals surface area contributed by atoms with Crippen molar-refractivity contribution in [2.75, 3.05) is 5.32 Å². The minimum atomic E-state index is -0.507. The molecule has 2 heterocycles. The maximum absolute atomic E-state index is 12.0. The number of nitrogens with one attached hydrogen (secondary N) is 3. The quantitative estimate of drug-likeness (QED) is 0.716. The van der Waals surface area contributed by atoms with E-state index in [9.17, 15) is 14.4 Å². The first kappa shape index (κ1) is 18.1. The average molecular weight is 372 g/mol. The molecule has 1 atom stereocenters. The van der Waals surface area contributed by atoms with Crippen LogP contribution in [0.3, 0.4) is 0 Å². The molecule has 1 aromatic heterocycles. The van der Waals surface area contributed by atoms with Gasteiger partial charge in [0.1, 0.15) is 6.04 Å². The molecule has 1 aliphatic heterocycles. The van der Waals surface area contributed by atoms with Crippen molar-refractivity contribution in [2.24, 2.45) is 0 Å². The third kappa shape index (κ3) is 4.89. The summed E-state index contributed by atoms with van der Waals surface area (Å²) in [6.45, 7) is 2.48. The normalized spacial score (nSPS) is 16.2. The molecule has 2 aromatic rings. The van der Waals surface area contributed by atoms with Crippen LogP contribution in [-0.4, -0.2) is 28.7 Å². The van der Waals surface area contributed by atoms with Crippen molar-refractivity contribution in [2.45, 2.75) is 38.8 Å². The van der Waals surface area contributed by atoms with Crippen LogP contribution in [0.15, 0.2) is 29.6 Å². The topological polar surface area (TPSA) is 100 Å². The van der Waals surface area contributed by atoms with Gasteiger partial charge in [0.25, 0.3) is 0 Å². The second-order valence-electron chi connectivity index (χ2n) is 6.23. The van der Waals surface area contributed by atoms with E-state index in [2.05, 4.69) is 20.9 Å². The number of carbonyl (C=O) groups excluding carboxylic acids is 3. The van der Waals surface area contributed by atoms with Crippen LogP contribution in [0.4, 0.5) is 5.13 Å². The Morgan fingerprint density at radius 1 is 1.31 bits per heavy atom. The lowest BCUT2D eigenvalue weighted by atomic mass is 10.1. The van der Waals surface area contributed by atoms with Crippen LogP contribution in [0.5, 0.6) is 0 Å². The summed E-state index contributed by atoms with van der Waals surface area (Å²) in [5.41, 5.74) is 2.81. The number of thiazole rings is 1. The molecular weight excluding hydrogens is 352 g/mol. The molecule has 1 aromatic carbocycles. The molecule has 0 saturated carbocycles. The first-order valence-corrected chi connectivity index (χ1v) is 9.24. The van der Waals surface area contributed by atoms with Gasteiger partial charge in [-0.1, -0.05) is 29.8 Å². The number of hydrogen-bond acceptors (Lipinski definition) is 5. The second kappa shape index (κ2) is 8.09. The van der Waals surface area contributed by atoms with Crippen LogP contribution in [0.25, 0.3) is 0 Å². The lowest BCUT2D eigenvalue weighted by Gasteiger charge is -2.08. The standard InChI is InChI=1S/C18H20N4O3S/c1-11-2-4-12(5-3-11)9-19-16(24)8-13-10-26-18(20-13)22-17(25)14-6-7-15(23)21-14/h2-5,10,14H,6-9H2,1H3,(H,19,24)(H,21,23)(H,20,22,25)/t14-/m1/s1. The zero-order valence-electron chi connectivity index (χ0n) is 14.4. The molecule has 1 aliphatic rings. The van der Waals surface area contributed by atoms with Gasteiger partial charge in [0.2, 0.25) is 17.7 Å². The molecule has 136 valence electrons. The van der Waals surface area contributed by atoms with Crippen molar-refractivity contribution < 1.29 is 14.4 Å². The molecular formula is C18H20N4O3S. The average Bonchev–Trinajstić information content (AvgIpc) is 3.23. The Hall–Kier alpha value is -2.74. The van der Waals surface area contributed by atoms with Crippen LogP contribution >= 0.6 is 11.3 Å².